The molecule has 126 valence electrons. The van der Waals surface area contributed by atoms with Gasteiger partial charge in [0.05, 0.1) is 19.2 Å². The molecule has 7 heteroatoms. The monoisotopic (exact) mass is 347 g/mol. The van der Waals surface area contributed by atoms with Crippen LogP contribution in [0.2, 0.25) is 0 Å². The van der Waals surface area contributed by atoms with Crippen LogP contribution in [0.15, 0.2) is 17.5 Å². The lowest BCUT2D eigenvalue weighted by Crippen LogP contribution is -2.51. The zero-order valence-corrected chi connectivity index (χ0v) is 14.9. The molecule has 1 aromatic rings. The molecule has 1 saturated heterocycles. The number of rotatable bonds is 6. The van der Waals surface area contributed by atoms with Crippen LogP contribution in [0.5, 0.6) is 0 Å². The van der Waals surface area contributed by atoms with E-state index in [2.05, 4.69) is 11.0 Å². The molecule has 2 rings (SSSR count). The molecule has 5 nitrogen and oxygen atoms in total. The molecule has 1 fully saturated rings. The molecule has 0 aliphatic carbocycles. The zero-order valence-electron chi connectivity index (χ0n) is 13.2. The Morgan fingerprint density at radius 2 is 2.36 bits per heavy atom. The number of ether oxygens (including phenoxy) is 1. The van der Waals surface area contributed by atoms with E-state index in [0.717, 1.165) is 19.4 Å². The molecule has 2 heterocycles. The average molecular weight is 348 g/mol. The van der Waals surface area contributed by atoms with Crippen LogP contribution in [0.1, 0.15) is 17.7 Å². The number of carbonyl (C=O) groups excluding carboxylic acids is 1. The first kappa shape index (κ1) is 19.4. The van der Waals surface area contributed by atoms with E-state index in [1.807, 2.05) is 18.5 Å². The Balaban J connectivity index is 0.00000242. The lowest BCUT2D eigenvalue weighted by molar-refractivity contribution is -0.133. The third-order valence-electron chi connectivity index (χ3n) is 4.13. The van der Waals surface area contributed by atoms with Crippen molar-refractivity contribution in [3.8, 4) is 0 Å². The summed E-state index contributed by atoms with van der Waals surface area (Å²) in [4.78, 5) is 17.6. The lowest BCUT2D eigenvalue weighted by Gasteiger charge is -2.38. The minimum Gasteiger partial charge on any atom is -0.381 e. The van der Waals surface area contributed by atoms with E-state index >= 15 is 0 Å². The molecule has 2 N–H and O–H groups in total. The molecule has 1 aliphatic rings. The minimum absolute atomic E-state index is 0. The van der Waals surface area contributed by atoms with Gasteiger partial charge < -0.3 is 15.4 Å². The van der Waals surface area contributed by atoms with Crippen LogP contribution < -0.4 is 5.73 Å². The summed E-state index contributed by atoms with van der Waals surface area (Å²) in [6.45, 7) is 2.57. The van der Waals surface area contributed by atoms with Crippen LogP contribution >= 0.6 is 23.7 Å². The molecule has 2 atom stereocenters. The summed E-state index contributed by atoms with van der Waals surface area (Å²) < 4.78 is 5.42. The number of piperidine rings is 1. The number of nitrogens with zero attached hydrogens (tertiary/aromatic N) is 2. The van der Waals surface area contributed by atoms with Gasteiger partial charge in [-0.1, -0.05) is 6.07 Å². The van der Waals surface area contributed by atoms with Crippen LogP contribution in [0.4, 0.5) is 0 Å². The van der Waals surface area contributed by atoms with E-state index in [-0.39, 0.29) is 30.5 Å². The Kier molecular flexibility index (Phi) is 8.35. The van der Waals surface area contributed by atoms with Crippen molar-refractivity contribution in [3.05, 3.63) is 22.4 Å². The molecule has 0 bridgehead atoms. The smallest absolute Gasteiger partial charge is 0.236 e. The van der Waals surface area contributed by atoms with E-state index in [1.54, 1.807) is 23.3 Å². The first-order chi connectivity index (χ1) is 10.1. The van der Waals surface area contributed by atoms with Crippen LogP contribution in [0.25, 0.3) is 0 Å². The predicted molar refractivity (Wildman–Crippen MR) is 92.5 cm³/mol. The van der Waals surface area contributed by atoms with Gasteiger partial charge in [-0.25, -0.2) is 0 Å². The van der Waals surface area contributed by atoms with Crippen LogP contribution in [-0.2, 0) is 16.1 Å². The molecule has 0 spiro atoms. The molecule has 0 saturated carbocycles. The fourth-order valence-corrected chi connectivity index (χ4v) is 3.51. The molecule has 1 aromatic heterocycles. The summed E-state index contributed by atoms with van der Waals surface area (Å²) >= 11 is 1.68. The Bertz CT molecular complexity index is 444. The Labute approximate surface area is 142 Å². The number of halogens is 1. The molecule has 2 unspecified atom stereocenters. The number of likely N-dealkylation sites (tertiary alicyclic amines) is 1. The third kappa shape index (κ3) is 5.21. The molecular formula is C15H26ClN3O2S. The van der Waals surface area contributed by atoms with Gasteiger partial charge in [0.2, 0.25) is 5.91 Å². The fraction of sp³-hybridized carbons (Fsp3) is 0.667. The molecular weight excluding hydrogens is 322 g/mol. The van der Waals surface area contributed by atoms with Gasteiger partial charge in [0, 0.05) is 38.2 Å². The maximum Gasteiger partial charge on any atom is 0.236 e. The standard InChI is InChI=1S/C15H25N3O2S.ClH/c1-17(10-14-4-3-7-21-14)15(19)11-18-6-5-13(20-2)8-12(18)9-16;/h3-4,7,12-13H,5-6,8-11,16H2,1-2H3;1H. The SMILES string of the molecule is COC1CCN(CC(=O)N(C)Cc2cccs2)C(CN)C1.Cl. The van der Waals surface area contributed by atoms with E-state index in [0.29, 0.717) is 19.6 Å². The van der Waals surface area contributed by atoms with Crippen molar-refractivity contribution in [2.75, 3.05) is 33.8 Å². The average Bonchev–Trinajstić information content (AvgIpc) is 3.00. The number of amides is 1. The maximum absolute atomic E-state index is 12.4. The number of hydrogen-bond donors (Lipinski definition) is 1. The summed E-state index contributed by atoms with van der Waals surface area (Å²) in [6.07, 6.45) is 2.15. The Morgan fingerprint density at radius 3 is 2.95 bits per heavy atom. The number of thiophene rings is 1. The van der Waals surface area contributed by atoms with Gasteiger partial charge in [-0.3, -0.25) is 9.69 Å². The third-order valence-corrected chi connectivity index (χ3v) is 4.99. The highest BCUT2D eigenvalue weighted by Crippen LogP contribution is 2.19. The summed E-state index contributed by atoms with van der Waals surface area (Å²) in [6, 6.07) is 4.31. The van der Waals surface area contributed by atoms with Crippen molar-refractivity contribution in [1.29, 1.82) is 0 Å². The van der Waals surface area contributed by atoms with Gasteiger partial charge in [-0.15, -0.1) is 23.7 Å². The Hall–Kier alpha value is -0.660. The number of likely N-dealkylation sites (N-methyl/N-ethyl adjacent to an activating group) is 1. The number of carbonyl (C=O) groups is 1. The second-order valence-corrected chi connectivity index (χ2v) is 6.60. The number of methoxy groups -OCH3 is 1. The van der Waals surface area contributed by atoms with Gasteiger partial charge in [0.25, 0.3) is 0 Å². The van der Waals surface area contributed by atoms with Crippen molar-refractivity contribution in [2.45, 2.75) is 31.5 Å². The maximum atomic E-state index is 12.4. The summed E-state index contributed by atoms with van der Waals surface area (Å²) in [5, 5.41) is 2.04. The normalized spacial score (nSPS) is 22.1. The molecule has 1 amide bonds. The summed E-state index contributed by atoms with van der Waals surface area (Å²) in [5.74, 6) is 0.151. The first-order valence-electron chi connectivity index (χ1n) is 7.37. The highest BCUT2D eigenvalue weighted by molar-refractivity contribution is 7.09. The Morgan fingerprint density at radius 1 is 1.59 bits per heavy atom. The van der Waals surface area contributed by atoms with Gasteiger partial charge in [0.15, 0.2) is 0 Å². The van der Waals surface area contributed by atoms with Crippen molar-refractivity contribution in [1.82, 2.24) is 9.80 Å². The second kappa shape index (κ2) is 9.47. The van der Waals surface area contributed by atoms with Crippen molar-refractivity contribution in [2.24, 2.45) is 5.73 Å². The van der Waals surface area contributed by atoms with Gasteiger partial charge in [0.1, 0.15) is 0 Å². The van der Waals surface area contributed by atoms with E-state index in [4.69, 9.17) is 10.5 Å². The van der Waals surface area contributed by atoms with Gasteiger partial charge in [-0.05, 0) is 24.3 Å². The topological polar surface area (TPSA) is 58.8 Å². The summed E-state index contributed by atoms with van der Waals surface area (Å²) in [7, 11) is 3.61. The zero-order chi connectivity index (χ0) is 15.2. The van der Waals surface area contributed by atoms with Crippen LogP contribution in [0, 0.1) is 0 Å². The predicted octanol–water partition coefficient (Wildman–Crippen LogP) is 1.57. The molecule has 1 aliphatic heterocycles. The van der Waals surface area contributed by atoms with Gasteiger partial charge in [-0.2, -0.15) is 0 Å². The van der Waals surface area contributed by atoms with Crippen LogP contribution in [-0.4, -0.2) is 61.6 Å². The van der Waals surface area contributed by atoms with E-state index in [9.17, 15) is 4.79 Å². The van der Waals surface area contributed by atoms with Gasteiger partial charge >= 0.3 is 0 Å². The largest absolute Gasteiger partial charge is 0.381 e. The molecule has 22 heavy (non-hydrogen) atoms. The van der Waals surface area contributed by atoms with Crippen molar-refractivity contribution >= 4 is 29.7 Å². The first-order valence-corrected chi connectivity index (χ1v) is 8.25. The fourth-order valence-electron chi connectivity index (χ4n) is 2.75. The van der Waals surface area contributed by atoms with Crippen LogP contribution in [0.3, 0.4) is 0 Å². The minimum atomic E-state index is 0. The highest BCUT2D eigenvalue weighted by Gasteiger charge is 2.29. The molecule has 0 aromatic carbocycles. The highest BCUT2D eigenvalue weighted by atomic mass is 35.5. The second-order valence-electron chi connectivity index (χ2n) is 5.57. The number of nitrogens with two attached hydrogens (primary N) is 1. The lowest BCUT2D eigenvalue weighted by atomic mass is 9.99. The van der Waals surface area contributed by atoms with Crippen molar-refractivity contribution < 1.29 is 9.53 Å². The van der Waals surface area contributed by atoms with Crippen molar-refractivity contribution in [3.63, 3.8) is 0 Å². The van der Waals surface area contributed by atoms with E-state index < -0.39 is 0 Å². The number of hydrogen-bond acceptors (Lipinski definition) is 5. The van der Waals surface area contributed by atoms with E-state index in [1.165, 1.54) is 4.88 Å². The summed E-state index contributed by atoms with van der Waals surface area (Å²) in [5.41, 5.74) is 5.85. The quantitative estimate of drug-likeness (QED) is 0.848. The molecule has 0 radical (unpaired) electrons.